The number of rotatable bonds is 4. The van der Waals surface area contributed by atoms with Crippen molar-refractivity contribution in [3.63, 3.8) is 0 Å². The van der Waals surface area contributed by atoms with E-state index in [1.165, 1.54) is 4.31 Å². The van der Waals surface area contributed by atoms with Gasteiger partial charge in [-0.2, -0.15) is 17.5 Å². The van der Waals surface area contributed by atoms with E-state index in [0.717, 1.165) is 24.4 Å². The van der Waals surface area contributed by atoms with E-state index in [1.807, 2.05) is 30.3 Å². The second kappa shape index (κ2) is 7.57. The lowest BCUT2D eigenvalue weighted by Gasteiger charge is -2.38. The average Bonchev–Trinajstić information content (AvgIpc) is 2.62. The Morgan fingerprint density at radius 1 is 1.11 bits per heavy atom. The third-order valence-corrected chi connectivity index (χ3v) is 6.53. The predicted molar refractivity (Wildman–Crippen MR) is 94.3 cm³/mol. The molecule has 1 atom stereocenters. The average molecular weight is 399 g/mol. The minimum absolute atomic E-state index is 0.223. The van der Waals surface area contributed by atoms with E-state index in [9.17, 15) is 21.6 Å². The number of halogens is 3. The molecule has 1 aromatic carbocycles. The molecule has 1 aromatic heterocycles. The molecule has 27 heavy (non-hydrogen) atoms. The van der Waals surface area contributed by atoms with Crippen molar-refractivity contribution in [2.45, 2.75) is 30.6 Å². The molecule has 2 aromatic rings. The zero-order chi connectivity index (χ0) is 19.7. The Bertz CT molecular complexity index is 871. The van der Waals surface area contributed by atoms with Crippen LogP contribution in [-0.4, -0.2) is 48.3 Å². The van der Waals surface area contributed by atoms with Crippen LogP contribution in [-0.2, 0) is 22.7 Å². The number of hydrogen-bond acceptors (Lipinski definition) is 4. The van der Waals surface area contributed by atoms with Gasteiger partial charge in [0.05, 0.1) is 0 Å². The monoisotopic (exact) mass is 399 g/mol. The number of hydrogen-bond donors (Lipinski definition) is 0. The van der Waals surface area contributed by atoms with Crippen molar-refractivity contribution in [1.82, 2.24) is 14.2 Å². The first-order chi connectivity index (χ1) is 12.7. The highest BCUT2D eigenvalue weighted by atomic mass is 32.2. The number of sulfonamides is 1. The lowest BCUT2D eigenvalue weighted by molar-refractivity contribution is -0.141. The van der Waals surface area contributed by atoms with Crippen LogP contribution in [0.1, 0.15) is 18.2 Å². The van der Waals surface area contributed by atoms with Crippen LogP contribution in [0.25, 0.3) is 0 Å². The molecule has 0 bridgehead atoms. The zero-order valence-electron chi connectivity index (χ0n) is 14.7. The van der Waals surface area contributed by atoms with Crippen LogP contribution in [0, 0.1) is 0 Å². The Kier molecular flexibility index (Phi) is 5.55. The maximum atomic E-state index is 12.8. The van der Waals surface area contributed by atoms with Gasteiger partial charge in [0.15, 0.2) is 0 Å². The molecule has 9 heteroatoms. The van der Waals surface area contributed by atoms with E-state index in [0.29, 0.717) is 19.2 Å². The predicted octanol–water partition coefficient (Wildman–Crippen LogP) is 3.00. The van der Waals surface area contributed by atoms with Crippen molar-refractivity contribution in [2.24, 2.45) is 0 Å². The van der Waals surface area contributed by atoms with E-state index in [4.69, 9.17) is 0 Å². The standard InChI is InChI=1S/C18H20F3N3O2S/c1-14-12-23(13-15-5-3-2-4-6-15)9-10-24(14)27(25,26)16-7-8-17(22-11-16)18(19,20)21/h2-8,11,14H,9-10,12-13H2,1H3. The van der Waals surface area contributed by atoms with Crippen LogP contribution >= 0.6 is 0 Å². The normalized spacial score (nSPS) is 19.9. The minimum Gasteiger partial charge on any atom is -0.296 e. The molecule has 1 unspecified atom stereocenters. The number of aromatic nitrogens is 1. The summed E-state index contributed by atoms with van der Waals surface area (Å²) < 4.78 is 64.8. The van der Waals surface area contributed by atoms with Gasteiger partial charge < -0.3 is 0 Å². The number of alkyl halides is 3. The number of piperazine rings is 1. The van der Waals surface area contributed by atoms with Crippen molar-refractivity contribution >= 4 is 10.0 Å². The Balaban J connectivity index is 1.71. The molecule has 0 N–H and O–H groups in total. The molecule has 1 aliphatic rings. The SMILES string of the molecule is CC1CN(Cc2ccccc2)CCN1S(=O)(=O)c1ccc(C(F)(F)F)nc1. The second-order valence-corrected chi connectivity index (χ2v) is 8.45. The van der Waals surface area contributed by atoms with Gasteiger partial charge >= 0.3 is 6.18 Å². The molecule has 146 valence electrons. The largest absolute Gasteiger partial charge is 0.433 e. The summed E-state index contributed by atoms with van der Waals surface area (Å²) in [6.07, 6.45) is -3.82. The number of benzene rings is 1. The molecule has 0 saturated carbocycles. The van der Waals surface area contributed by atoms with Gasteiger partial charge in [0.1, 0.15) is 10.6 Å². The third-order valence-electron chi connectivity index (χ3n) is 4.53. The molecule has 0 spiro atoms. The van der Waals surface area contributed by atoms with Crippen molar-refractivity contribution in [1.29, 1.82) is 0 Å². The fourth-order valence-corrected chi connectivity index (χ4v) is 4.75. The molecule has 0 radical (unpaired) electrons. The first-order valence-electron chi connectivity index (χ1n) is 8.49. The van der Waals surface area contributed by atoms with Crippen LogP contribution in [0.3, 0.4) is 0 Å². The van der Waals surface area contributed by atoms with Gasteiger partial charge in [0, 0.05) is 38.4 Å². The van der Waals surface area contributed by atoms with Gasteiger partial charge in [-0.3, -0.25) is 9.88 Å². The quantitative estimate of drug-likeness (QED) is 0.793. The summed E-state index contributed by atoms with van der Waals surface area (Å²) in [6, 6.07) is 11.2. The highest BCUT2D eigenvalue weighted by molar-refractivity contribution is 7.89. The molecule has 1 fully saturated rings. The molecule has 2 heterocycles. The Hall–Kier alpha value is -1.97. The molecular formula is C18H20F3N3O2S. The molecular weight excluding hydrogens is 379 g/mol. The van der Waals surface area contributed by atoms with E-state index in [-0.39, 0.29) is 17.5 Å². The Morgan fingerprint density at radius 3 is 2.37 bits per heavy atom. The van der Waals surface area contributed by atoms with Crippen molar-refractivity contribution in [2.75, 3.05) is 19.6 Å². The molecule has 1 aliphatic heterocycles. The first kappa shape index (κ1) is 19.8. The fraction of sp³-hybridized carbons (Fsp3) is 0.389. The lowest BCUT2D eigenvalue weighted by atomic mass is 10.1. The summed E-state index contributed by atoms with van der Waals surface area (Å²) in [5.74, 6) is 0. The van der Waals surface area contributed by atoms with Crippen molar-refractivity contribution in [3.8, 4) is 0 Å². The Labute approximate surface area is 156 Å². The van der Waals surface area contributed by atoms with Crippen LogP contribution in [0.2, 0.25) is 0 Å². The van der Waals surface area contributed by atoms with Gasteiger partial charge in [-0.05, 0) is 24.6 Å². The van der Waals surface area contributed by atoms with Gasteiger partial charge in [-0.1, -0.05) is 30.3 Å². The van der Waals surface area contributed by atoms with Crippen LogP contribution in [0.4, 0.5) is 13.2 Å². The van der Waals surface area contributed by atoms with Crippen LogP contribution < -0.4 is 0 Å². The molecule has 3 rings (SSSR count). The van der Waals surface area contributed by atoms with Gasteiger partial charge in [0.25, 0.3) is 0 Å². The van der Waals surface area contributed by atoms with Crippen LogP contribution in [0.15, 0.2) is 53.6 Å². The highest BCUT2D eigenvalue weighted by Crippen LogP contribution is 2.29. The van der Waals surface area contributed by atoms with E-state index in [2.05, 4.69) is 9.88 Å². The maximum absolute atomic E-state index is 12.8. The number of nitrogens with zero attached hydrogens (tertiary/aromatic N) is 3. The fourth-order valence-electron chi connectivity index (χ4n) is 3.19. The summed E-state index contributed by atoms with van der Waals surface area (Å²) in [5.41, 5.74) is 0.0372. The molecule has 0 amide bonds. The van der Waals surface area contributed by atoms with Crippen molar-refractivity contribution < 1.29 is 21.6 Å². The summed E-state index contributed by atoms with van der Waals surface area (Å²) in [6.45, 7) is 3.89. The summed E-state index contributed by atoms with van der Waals surface area (Å²) >= 11 is 0. The third kappa shape index (κ3) is 4.48. The topological polar surface area (TPSA) is 53.5 Å². The highest BCUT2D eigenvalue weighted by Gasteiger charge is 2.36. The zero-order valence-corrected chi connectivity index (χ0v) is 15.5. The number of pyridine rings is 1. The summed E-state index contributed by atoms with van der Waals surface area (Å²) in [7, 11) is -3.89. The van der Waals surface area contributed by atoms with E-state index in [1.54, 1.807) is 6.92 Å². The minimum atomic E-state index is -4.60. The molecule has 5 nitrogen and oxygen atoms in total. The first-order valence-corrected chi connectivity index (χ1v) is 9.93. The molecule has 0 aliphatic carbocycles. The summed E-state index contributed by atoms with van der Waals surface area (Å²) in [4.78, 5) is 5.21. The van der Waals surface area contributed by atoms with Gasteiger partial charge in [-0.25, -0.2) is 8.42 Å². The molecule has 1 saturated heterocycles. The van der Waals surface area contributed by atoms with Gasteiger partial charge in [0.2, 0.25) is 10.0 Å². The Morgan fingerprint density at radius 2 is 1.81 bits per heavy atom. The van der Waals surface area contributed by atoms with Crippen molar-refractivity contribution in [3.05, 3.63) is 59.9 Å². The van der Waals surface area contributed by atoms with Gasteiger partial charge in [-0.15, -0.1) is 0 Å². The maximum Gasteiger partial charge on any atom is 0.433 e. The van der Waals surface area contributed by atoms with Crippen LogP contribution in [0.5, 0.6) is 0 Å². The summed E-state index contributed by atoms with van der Waals surface area (Å²) in [5, 5.41) is 0. The second-order valence-electron chi connectivity index (χ2n) is 6.56. The smallest absolute Gasteiger partial charge is 0.296 e. The van der Waals surface area contributed by atoms with E-state index >= 15 is 0 Å². The lowest BCUT2D eigenvalue weighted by Crippen LogP contribution is -2.53. The van der Waals surface area contributed by atoms with E-state index < -0.39 is 21.9 Å².